The molecule has 2 aromatic carbocycles. The third-order valence-corrected chi connectivity index (χ3v) is 6.45. The zero-order chi connectivity index (χ0) is 23.3. The number of piperidine rings is 1. The maximum absolute atomic E-state index is 14.3. The summed E-state index contributed by atoms with van der Waals surface area (Å²) in [5.41, 5.74) is -1.80. The first kappa shape index (κ1) is 23.4. The van der Waals surface area contributed by atoms with Gasteiger partial charge in [-0.25, -0.2) is 0 Å². The van der Waals surface area contributed by atoms with Crippen molar-refractivity contribution >= 4 is 11.8 Å². The zero-order valence-corrected chi connectivity index (χ0v) is 19.2. The van der Waals surface area contributed by atoms with Crippen molar-refractivity contribution in [2.45, 2.75) is 45.2 Å². The van der Waals surface area contributed by atoms with Gasteiger partial charge < -0.3 is 24.3 Å². The number of ketones is 1. The Morgan fingerprint density at radius 1 is 1.00 bits per heavy atom. The van der Waals surface area contributed by atoms with Crippen LogP contribution in [0.4, 0.5) is 0 Å². The van der Waals surface area contributed by atoms with E-state index in [1.54, 1.807) is 18.2 Å². The summed E-state index contributed by atoms with van der Waals surface area (Å²) in [5, 5.41) is 3.31. The van der Waals surface area contributed by atoms with Crippen LogP contribution in [0, 0.1) is 5.41 Å². The number of nitrogens with one attached hydrogen (secondary N) is 1. The minimum absolute atomic E-state index is 0.0374. The number of esters is 1. The molecule has 176 valence electrons. The second-order valence-electron chi connectivity index (χ2n) is 8.28. The van der Waals surface area contributed by atoms with Crippen molar-refractivity contribution in [2.75, 3.05) is 26.3 Å². The van der Waals surface area contributed by atoms with Gasteiger partial charge in [-0.1, -0.05) is 42.5 Å². The lowest BCUT2D eigenvalue weighted by Crippen LogP contribution is -2.71. The minimum atomic E-state index is -1.80. The first-order chi connectivity index (χ1) is 16.1. The van der Waals surface area contributed by atoms with E-state index in [0.717, 1.165) is 5.56 Å². The summed E-state index contributed by atoms with van der Waals surface area (Å²) in [5.74, 6) is -0.585. The minimum Gasteiger partial charge on any atom is -0.485 e. The van der Waals surface area contributed by atoms with Crippen LogP contribution in [0.1, 0.15) is 42.6 Å². The molecule has 0 aromatic heterocycles. The molecule has 2 aliphatic heterocycles. The SMILES string of the molecule is CCOC(OCC)C1(C(=O)OCc2ccccc2)C(=O)c2ccccc2OC12CCNCC2. The molecule has 0 radical (unpaired) electrons. The number of para-hydroxylation sites is 1. The van der Waals surface area contributed by atoms with Gasteiger partial charge in [0.15, 0.2) is 12.1 Å². The Morgan fingerprint density at radius 3 is 2.30 bits per heavy atom. The molecule has 0 amide bonds. The van der Waals surface area contributed by atoms with E-state index < -0.39 is 23.3 Å². The molecular formula is C26H31NO6. The fraction of sp³-hybridized carbons (Fsp3) is 0.462. The van der Waals surface area contributed by atoms with Crippen molar-refractivity contribution in [3.8, 4) is 5.75 Å². The van der Waals surface area contributed by atoms with Crippen LogP contribution in [-0.4, -0.2) is 49.9 Å². The summed E-state index contributed by atoms with van der Waals surface area (Å²) in [6, 6.07) is 16.4. The number of carbonyl (C=O) groups excluding carboxylic acids is 2. The van der Waals surface area contributed by atoms with Crippen molar-refractivity contribution in [1.29, 1.82) is 0 Å². The molecule has 1 unspecified atom stereocenters. The summed E-state index contributed by atoms with van der Waals surface area (Å²) >= 11 is 0. The smallest absolute Gasteiger partial charge is 0.329 e. The predicted molar refractivity (Wildman–Crippen MR) is 122 cm³/mol. The van der Waals surface area contributed by atoms with Crippen molar-refractivity contribution in [3.63, 3.8) is 0 Å². The number of rotatable bonds is 8. The molecule has 1 atom stereocenters. The van der Waals surface area contributed by atoms with Crippen molar-refractivity contribution in [1.82, 2.24) is 5.32 Å². The van der Waals surface area contributed by atoms with E-state index in [0.29, 0.717) is 37.2 Å². The summed E-state index contributed by atoms with van der Waals surface area (Å²) < 4.78 is 24.3. The lowest BCUT2D eigenvalue weighted by atomic mass is 9.61. The van der Waals surface area contributed by atoms with Gasteiger partial charge >= 0.3 is 5.97 Å². The molecular weight excluding hydrogens is 422 g/mol. The van der Waals surface area contributed by atoms with E-state index in [1.807, 2.05) is 50.2 Å². The second kappa shape index (κ2) is 10.0. The van der Waals surface area contributed by atoms with Crippen LogP contribution < -0.4 is 10.1 Å². The van der Waals surface area contributed by atoms with Crippen LogP contribution in [0.25, 0.3) is 0 Å². The number of carbonyl (C=O) groups is 2. The predicted octanol–water partition coefficient (Wildman–Crippen LogP) is 3.51. The van der Waals surface area contributed by atoms with Crippen LogP contribution in [-0.2, 0) is 25.6 Å². The van der Waals surface area contributed by atoms with Gasteiger partial charge in [-0.15, -0.1) is 0 Å². The molecule has 7 nitrogen and oxygen atoms in total. The van der Waals surface area contributed by atoms with Gasteiger partial charge in [0.2, 0.25) is 5.41 Å². The first-order valence-electron chi connectivity index (χ1n) is 11.6. The number of fused-ring (bicyclic) bond motifs is 1. The highest BCUT2D eigenvalue weighted by atomic mass is 16.7. The maximum Gasteiger partial charge on any atom is 0.329 e. The number of Topliss-reactive ketones (excluding diaryl/α,β-unsaturated/α-hetero) is 1. The van der Waals surface area contributed by atoms with Crippen LogP contribution in [0.2, 0.25) is 0 Å². The lowest BCUT2D eigenvalue weighted by molar-refractivity contribution is -0.246. The van der Waals surface area contributed by atoms with Gasteiger partial charge in [0.25, 0.3) is 0 Å². The zero-order valence-electron chi connectivity index (χ0n) is 19.2. The van der Waals surface area contributed by atoms with E-state index in [-0.39, 0.29) is 25.6 Å². The molecule has 0 bridgehead atoms. The average molecular weight is 454 g/mol. The highest BCUT2D eigenvalue weighted by Gasteiger charge is 2.72. The molecule has 2 aliphatic rings. The van der Waals surface area contributed by atoms with Gasteiger partial charge in [0, 0.05) is 26.1 Å². The molecule has 0 saturated carbocycles. The highest BCUT2D eigenvalue weighted by Crippen LogP contribution is 2.53. The summed E-state index contributed by atoms with van der Waals surface area (Å²) in [4.78, 5) is 28.4. The largest absolute Gasteiger partial charge is 0.485 e. The molecule has 1 spiro atoms. The molecule has 33 heavy (non-hydrogen) atoms. The molecule has 2 aromatic rings. The number of hydrogen-bond donors (Lipinski definition) is 1. The molecule has 4 rings (SSSR count). The number of ether oxygens (including phenoxy) is 4. The van der Waals surface area contributed by atoms with Gasteiger partial charge in [-0.2, -0.15) is 0 Å². The highest BCUT2D eigenvalue weighted by molar-refractivity contribution is 6.16. The third-order valence-electron chi connectivity index (χ3n) is 6.45. The summed E-state index contributed by atoms with van der Waals surface area (Å²) in [7, 11) is 0. The van der Waals surface area contributed by atoms with E-state index in [4.69, 9.17) is 18.9 Å². The van der Waals surface area contributed by atoms with Gasteiger partial charge in [0.1, 0.15) is 18.0 Å². The Balaban J connectivity index is 1.86. The fourth-order valence-corrected chi connectivity index (χ4v) is 4.92. The average Bonchev–Trinajstić information content (AvgIpc) is 2.84. The van der Waals surface area contributed by atoms with Gasteiger partial charge in [0.05, 0.1) is 5.56 Å². The molecule has 7 heteroatoms. The molecule has 2 heterocycles. The van der Waals surface area contributed by atoms with Gasteiger partial charge in [-0.3, -0.25) is 9.59 Å². The van der Waals surface area contributed by atoms with Crippen LogP contribution in [0.3, 0.4) is 0 Å². The Labute approximate surface area is 194 Å². The first-order valence-corrected chi connectivity index (χ1v) is 11.6. The Hall–Kier alpha value is -2.74. The molecule has 1 saturated heterocycles. The number of hydrogen-bond acceptors (Lipinski definition) is 7. The van der Waals surface area contributed by atoms with Crippen LogP contribution >= 0.6 is 0 Å². The van der Waals surface area contributed by atoms with Crippen molar-refractivity contribution in [2.24, 2.45) is 5.41 Å². The molecule has 1 N–H and O–H groups in total. The standard InChI is InChI=1S/C26H31NO6/c1-3-30-24(31-4-2)26(23(29)32-18-19-10-6-5-7-11-19)22(28)20-12-8-9-13-21(20)33-25(26)14-16-27-17-15-25/h5-13,24,27H,3-4,14-18H2,1-2H3. The maximum atomic E-state index is 14.3. The van der Waals surface area contributed by atoms with Gasteiger partial charge in [-0.05, 0) is 44.6 Å². The summed E-state index contributed by atoms with van der Waals surface area (Å²) in [6.45, 7) is 5.37. The van der Waals surface area contributed by atoms with Crippen LogP contribution in [0.5, 0.6) is 5.75 Å². The van der Waals surface area contributed by atoms with Crippen molar-refractivity contribution < 1.29 is 28.5 Å². The Morgan fingerprint density at radius 2 is 1.64 bits per heavy atom. The topological polar surface area (TPSA) is 83.1 Å². The normalized spacial score (nSPS) is 21.5. The second-order valence-corrected chi connectivity index (χ2v) is 8.28. The Bertz CT molecular complexity index is 966. The van der Waals surface area contributed by atoms with E-state index in [9.17, 15) is 9.59 Å². The molecule has 0 aliphatic carbocycles. The van der Waals surface area contributed by atoms with Crippen LogP contribution in [0.15, 0.2) is 54.6 Å². The third kappa shape index (κ3) is 4.05. The van der Waals surface area contributed by atoms with E-state index in [2.05, 4.69) is 5.32 Å². The monoisotopic (exact) mass is 453 g/mol. The number of benzene rings is 2. The summed E-state index contributed by atoms with van der Waals surface area (Å²) in [6.07, 6.45) is -0.274. The lowest BCUT2D eigenvalue weighted by Gasteiger charge is -2.54. The van der Waals surface area contributed by atoms with E-state index >= 15 is 0 Å². The Kier molecular flexibility index (Phi) is 7.12. The van der Waals surface area contributed by atoms with Crippen molar-refractivity contribution in [3.05, 3.63) is 65.7 Å². The van der Waals surface area contributed by atoms with E-state index in [1.165, 1.54) is 0 Å². The quantitative estimate of drug-likeness (QED) is 0.372. The molecule has 1 fully saturated rings. The fourth-order valence-electron chi connectivity index (χ4n) is 4.92.